The van der Waals surface area contributed by atoms with Crippen molar-refractivity contribution in [2.75, 3.05) is 7.05 Å². The first-order valence-electron chi connectivity index (χ1n) is 7.85. The second kappa shape index (κ2) is 6.35. The number of carbonyl (C=O) groups excluding carboxylic acids is 1. The maximum absolute atomic E-state index is 12.5. The van der Waals surface area contributed by atoms with E-state index in [2.05, 4.69) is 20.2 Å². The van der Waals surface area contributed by atoms with Crippen molar-refractivity contribution in [2.45, 2.75) is 33.4 Å². The van der Waals surface area contributed by atoms with Crippen LogP contribution in [-0.2, 0) is 6.54 Å². The predicted molar refractivity (Wildman–Crippen MR) is 90.5 cm³/mol. The minimum Gasteiger partial charge on any atom is -0.333 e. The number of para-hydroxylation sites is 1. The van der Waals surface area contributed by atoms with Crippen LogP contribution in [0.5, 0.6) is 0 Å². The number of carbonyl (C=O) groups is 1. The minimum atomic E-state index is -0.198. The molecule has 3 rings (SSSR count). The molecule has 1 amide bonds. The molecule has 2 heterocycles. The molecule has 0 spiro atoms. The number of hydrogen-bond donors (Lipinski definition) is 0. The van der Waals surface area contributed by atoms with E-state index in [0.717, 1.165) is 16.6 Å². The van der Waals surface area contributed by atoms with Gasteiger partial charge in [0.05, 0.1) is 24.3 Å². The third-order valence-electron chi connectivity index (χ3n) is 3.75. The zero-order valence-corrected chi connectivity index (χ0v) is 14.3. The molecule has 0 aliphatic heterocycles. The minimum absolute atomic E-state index is 0.114. The summed E-state index contributed by atoms with van der Waals surface area (Å²) < 4.78 is 0. The van der Waals surface area contributed by atoms with Crippen LogP contribution in [0, 0.1) is 6.92 Å². The Kier molecular flexibility index (Phi) is 4.24. The van der Waals surface area contributed by atoms with Gasteiger partial charge in [-0.15, -0.1) is 5.10 Å². The van der Waals surface area contributed by atoms with Crippen molar-refractivity contribution in [3.63, 3.8) is 0 Å². The van der Waals surface area contributed by atoms with Crippen molar-refractivity contribution in [3.8, 4) is 0 Å². The molecule has 0 bridgehead atoms. The van der Waals surface area contributed by atoms with Crippen LogP contribution in [0.1, 0.15) is 41.9 Å². The van der Waals surface area contributed by atoms with Gasteiger partial charge in [0.15, 0.2) is 5.69 Å². The molecule has 24 heavy (non-hydrogen) atoms. The standard InChI is InChI=1S/C17H20N6O/c1-11(2)23-18-9-15(21-23)17(24)22(4)10-16-19-12(3)13-7-5-6-8-14(13)20-16/h5-9,11H,10H2,1-4H3. The molecule has 124 valence electrons. The van der Waals surface area contributed by atoms with Crippen molar-refractivity contribution in [3.05, 3.63) is 47.7 Å². The van der Waals surface area contributed by atoms with Crippen molar-refractivity contribution >= 4 is 16.8 Å². The van der Waals surface area contributed by atoms with E-state index in [1.165, 1.54) is 11.0 Å². The summed E-state index contributed by atoms with van der Waals surface area (Å²) in [5.41, 5.74) is 2.11. The van der Waals surface area contributed by atoms with Crippen LogP contribution in [0.2, 0.25) is 0 Å². The van der Waals surface area contributed by atoms with Crippen LogP contribution in [0.25, 0.3) is 10.9 Å². The Morgan fingerprint density at radius 1 is 1.25 bits per heavy atom. The lowest BCUT2D eigenvalue weighted by Gasteiger charge is -2.15. The van der Waals surface area contributed by atoms with Gasteiger partial charge in [0.25, 0.3) is 5.91 Å². The number of rotatable bonds is 4. The van der Waals surface area contributed by atoms with E-state index in [-0.39, 0.29) is 11.9 Å². The molecule has 1 aromatic carbocycles. The third-order valence-corrected chi connectivity index (χ3v) is 3.75. The fraction of sp³-hybridized carbons (Fsp3) is 0.353. The zero-order chi connectivity index (χ0) is 17.3. The average Bonchev–Trinajstić information content (AvgIpc) is 3.04. The third kappa shape index (κ3) is 3.10. The number of benzene rings is 1. The van der Waals surface area contributed by atoms with E-state index in [1.807, 2.05) is 45.0 Å². The van der Waals surface area contributed by atoms with E-state index in [1.54, 1.807) is 11.9 Å². The van der Waals surface area contributed by atoms with Crippen molar-refractivity contribution in [2.24, 2.45) is 0 Å². The number of amides is 1. The molecule has 0 radical (unpaired) electrons. The van der Waals surface area contributed by atoms with Gasteiger partial charge < -0.3 is 4.90 Å². The highest BCUT2D eigenvalue weighted by Crippen LogP contribution is 2.15. The largest absolute Gasteiger partial charge is 0.333 e. The van der Waals surface area contributed by atoms with Crippen LogP contribution in [0.3, 0.4) is 0 Å². The normalized spacial score (nSPS) is 11.2. The maximum Gasteiger partial charge on any atom is 0.276 e. The molecule has 0 N–H and O–H groups in total. The quantitative estimate of drug-likeness (QED) is 0.736. The monoisotopic (exact) mass is 324 g/mol. The van der Waals surface area contributed by atoms with Gasteiger partial charge in [-0.2, -0.15) is 9.90 Å². The lowest BCUT2D eigenvalue weighted by molar-refractivity contribution is 0.0774. The molecule has 0 fully saturated rings. The second-order valence-electron chi connectivity index (χ2n) is 6.05. The summed E-state index contributed by atoms with van der Waals surface area (Å²) in [4.78, 5) is 24.6. The summed E-state index contributed by atoms with van der Waals surface area (Å²) in [6, 6.07) is 7.96. The lowest BCUT2D eigenvalue weighted by atomic mass is 10.2. The Morgan fingerprint density at radius 2 is 2.00 bits per heavy atom. The Balaban J connectivity index is 1.81. The summed E-state index contributed by atoms with van der Waals surface area (Å²) in [5, 5.41) is 9.34. The Labute approximate surface area is 140 Å². The summed E-state index contributed by atoms with van der Waals surface area (Å²) in [6.07, 6.45) is 1.49. The highest BCUT2D eigenvalue weighted by atomic mass is 16.2. The number of fused-ring (bicyclic) bond motifs is 1. The van der Waals surface area contributed by atoms with Gasteiger partial charge in [-0.05, 0) is 26.8 Å². The Bertz CT molecular complexity index is 886. The van der Waals surface area contributed by atoms with E-state index in [9.17, 15) is 4.79 Å². The molecule has 3 aromatic rings. The first-order chi connectivity index (χ1) is 11.5. The van der Waals surface area contributed by atoms with Gasteiger partial charge in [0, 0.05) is 18.1 Å². The molecule has 0 aliphatic rings. The molecule has 2 aromatic heterocycles. The summed E-state index contributed by atoms with van der Waals surface area (Å²) >= 11 is 0. The fourth-order valence-electron chi connectivity index (χ4n) is 2.47. The second-order valence-corrected chi connectivity index (χ2v) is 6.05. The predicted octanol–water partition coefficient (Wildman–Crippen LogP) is 2.38. The number of aromatic nitrogens is 5. The van der Waals surface area contributed by atoms with Gasteiger partial charge in [0.2, 0.25) is 0 Å². The van der Waals surface area contributed by atoms with Gasteiger partial charge in [-0.25, -0.2) is 9.97 Å². The highest BCUT2D eigenvalue weighted by Gasteiger charge is 2.18. The van der Waals surface area contributed by atoms with Crippen LogP contribution in [0.15, 0.2) is 30.5 Å². The van der Waals surface area contributed by atoms with Crippen LogP contribution >= 0.6 is 0 Å². The smallest absolute Gasteiger partial charge is 0.276 e. The number of hydrogen-bond acceptors (Lipinski definition) is 5. The fourth-order valence-corrected chi connectivity index (χ4v) is 2.47. The van der Waals surface area contributed by atoms with E-state index in [4.69, 9.17) is 0 Å². The molecule has 0 aliphatic carbocycles. The van der Waals surface area contributed by atoms with Gasteiger partial charge in [-0.3, -0.25) is 4.79 Å². The molecular weight excluding hydrogens is 304 g/mol. The van der Waals surface area contributed by atoms with Gasteiger partial charge in [0.1, 0.15) is 5.82 Å². The summed E-state index contributed by atoms with van der Waals surface area (Å²) in [5.74, 6) is 0.412. The van der Waals surface area contributed by atoms with Crippen molar-refractivity contribution < 1.29 is 4.79 Å². The highest BCUT2D eigenvalue weighted by molar-refractivity contribution is 5.91. The van der Waals surface area contributed by atoms with Crippen molar-refractivity contribution in [1.82, 2.24) is 29.9 Å². The maximum atomic E-state index is 12.5. The number of nitrogens with zero attached hydrogens (tertiary/aromatic N) is 6. The van der Waals surface area contributed by atoms with Crippen molar-refractivity contribution in [1.29, 1.82) is 0 Å². The van der Waals surface area contributed by atoms with Gasteiger partial charge in [-0.1, -0.05) is 18.2 Å². The van der Waals surface area contributed by atoms with E-state index in [0.29, 0.717) is 18.1 Å². The van der Waals surface area contributed by atoms with E-state index >= 15 is 0 Å². The van der Waals surface area contributed by atoms with Gasteiger partial charge >= 0.3 is 0 Å². The van der Waals surface area contributed by atoms with E-state index < -0.39 is 0 Å². The topological polar surface area (TPSA) is 76.8 Å². The lowest BCUT2D eigenvalue weighted by Crippen LogP contribution is -2.28. The molecule has 0 unspecified atom stereocenters. The summed E-state index contributed by atoms with van der Waals surface area (Å²) in [6.45, 7) is 6.19. The van der Waals surface area contributed by atoms with Crippen LogP contribution in [-0.4, -0.2) is 42.8 Å². The van der Waals surface area contributed by atoms with Crippen LogP contribution < -0.4 is 0 Å². The van der Waals surface area contributed by atoms with Crippen LogP contribution in [0.4, 0.5) is 0 Å². The molecular formula is C17H20N6O. The molecule has 7 heteroatoms. The Hall–Kier alpha value is -2.83. The summed E-state index contributed by atoms with van der Waals surface area (Å²) in [7, 11) is 1.71. The molecule has 7 nitrogen and oxygen atoms in total. The Morgan fingerprint density at radius 3 is 2.71 bits per heavy atom. The first-order valence-corrected chi connectivity index (χ1v) is 7.85. The molecule has 0 atom stereocenters. The molecule has 0 saturated carbocycles. The average molecular weight is 324 g/mol. The zero-order valence-electron chi connectivity index (χ0n) is 14.3. The molecule has 0 saturated heterocycles. The SMILES string of the molecule is Cc1nc(CN(C)C(=O)c2cnn(C(C)C)n2)nc2ccccc12. The first kappa shape index (κ1) is 16.0. The number of aryl methyl sites for hydroxylation is 1.